The maximum atomic E-state index is 11.5. The molecular weight excluding hydrogens is 322 g/mol. The van der Waals surface area contributed by atoms with Crippen LogP contribution in [0, 0.1) is 0 Å². The average molecular weight is 344 g/mol. The van der Waals surface area contributed by atoms with Crippen LogP contribution in [0.1, 0.15) is 26.2 Å². The van der Waals surface area contributed by atoms with E-state index in [0.29, 0.717) is 19.5 Å². The second kappa shape index (κ2) is 11.4. The zero-order valence-corrected chi connectivity index (χ0v) is 13.4. The van der Waals surface area contributed by atoms with Gasteiger partial charge in [-0.1, -0.05) is 6.07 Å². The molecule has 1 rings (SSSR count). The number of amides is 2. The number of nitrogens with one attached hydrogen (secondary N) is 2. The number of carbonyl (C=O) groups excluding carboxylic acids is 2. The monoisotopic (exact) mass is 343 g/mol. The van der Waals surface area contributed by atoms with E-state index in [1.807, 2.05) is 30.6 Å². The van der Waals surface area contributed by atoms with Crippen molar-refractivity contribution in [1.82, 2.24) is 10.6 Å². The lowest BCUT2D eigenvalue weighted by Crippen LogP contribution is -3.00. The summed E-state index contributed by atoms with van der Waals surface area (Å²) in [5.41, 5.74) is 0. The minimum Gasteiger partial charge on any atom is -1.00 e. The van der Waals surface area contributed by atoms with E-state index < -0.39 is 0 Å². The van der Waals surface area contributed by atoms with Crippen molar-refractivity contribution >= 4 is 11.8 Å². The Kier molecular flexibility index (Phi) is 10.6. The van der Waals surface area contributed by atoms with Gasteiger partial charge < -0.3 is 27.6 Å². The molecule has 5 nitrogen and oxygen atoms in total. The molecule has 1 aromatic rings. The van der Waals surface area contributed by atoms with Gasteiger partial charge in [-0.2, -0.15) is 0 Å². The molecule has 0 aromatic carbocycles. The second-order valence-corrected chi connectivity index (χ2v) is 4.40. The molecule has 0 aliphatic heterocycles. The van der Waals surface area contributed by atoms with Gasteiger partial charge in [0.2, 0.25) is 11.8 Å². The summed E-state index contributed by atoms with van der Waals surface area (Å²) in [6, 6.07) is 5.97. The summed E-state index contributed by atoms with van der Waals surface area (Å²) in [5.74, 6) is -0.0300. The number of nitrogens with zero attached hydrogens (tertiary/aromatic N) is 1. The van der Waals surface area contributed by atoms with E-state index >= 15 is 0 Å². The highest BCUT2D eigenvalue weighted by Crippen LogP contribution is 1.95. The Hall–Kier alpha value is -1.43. The van der Waals surface area contributed by atoms with E-state index in [9.17, 15) is 9.59 Å². The van der Waals surface area contributed by atoms with Crippen LogP contribution in [-0.2, 0) is 16.1 Å². The molecule has 2 amide bonds. The van der Waals surface area contributed by atoms with Crippen LogP contribution in [0.4, 0.5) is 0 Å². The van der Waals surface area contributed by atoms with E-state index in [1.54, 1.807) is 0 Å². The number of aryl methyl sites for hydroxylation is 1. The van der Waals surface area contributed by atoms with E-state index in [1.165, 1.54) is 6.92 Å². The topological polar surface area (TPSA) is 62.1 Å². The van der Waals surface area contributed by atoms with Gasteiger partial charge in [0.05, 0.1) is 0 Å². The molecule has 112 valence electrons. The molecule has 1 heterocycles. The first-order valence-corrected chi connectivity index (χ1v) is 6.63. The maximum absolute atomic E-state index is 11.5. The van der Waals surface area contributed by atoms with Gasteiger partial charge in [-0.15, -0.1) is 0 Å². The number of hydrogen-bond acceptors (Lipinski definition) is 2. The number of rotatable bonds is 8. The van der Waals surface area contributed by atoms with Crippen LogP contribution in [0.2, 0.25) is 0 Å². The van der Waals surface area contributed by atoms with Gasteiger partial charge >= 0.3 is 0 Å². The molecule has 0 fully saturated rings. The van der Waals surface area contributed by atoms with Crippen molar-refractivity contribution in [3.05, 3.63) is 30.6 Å². The minimum absolute atomic E-state index is 0. The van der Waals surface area contributed by atoms with Crippen LogP contribution >= 0.6 is 0 Å². The van der Waals surface area contributed by atoms with Crippen LogP contribution in [-0.4, -0.2) is 24.9 Å². The molecule has 0 unspecified atom stereocenters. The highest BCUT2D eigenvalue weighted by atomic mass is 79.9. The van der Waals surface area contributed by atoms with Crippen molar-refractivity contribution in [2.45, 2.75) is 32.7 Å². The molecule has 0 bridgehead atoms. The highest BCUT2D eigenvalue weighted by molar-refractivity contribution is 5.76. The van der Waals surface area contributed by atoms with E-state index in [4.69, 9.17) is 0 Å². The molecule has 0 radical (unpaired) electrons. The van der Waals surface area contributed by atoms with Crippen LogP contribution in [0.5, 0.6) is 0 Å². The standard InChI is InChI=1S/C14H21N3O2.BrH/c1-13(18)15-8-9-16-14(19)7-3-6-12-17-10-4-2-5-11-17;/h2,4-5,10-11H,3,6-9,12H2,1H3,(H-,15,16,18,19);1H. The van der Waals surface area contributed by atoms with Crippen LogP contribution < -0.4 is 32.2 Å². The largest absolute Gasteiger partial charge is 1.00 e. The molecular formula is C14H22BrN3O2. The Morgan fingerprint density at radius 3 is 2.30 bits per heavy atom. The number of pyridine rings is 1. The Bertz CT molecular complexity index is 399. The Balaban J connectivity index is 0.00000361. The fourth-order valence-corrected chi connectivity index (χ4v) is 1.69. The summed E-state index contributed by atoms with van der Waals surface area (Å²) >= 11 is 0. The number of hydrogen-bond donors (Lipinski definition) is 2. The predicted molar refractivity (Wildman–Crippen MR) is 72.2 cm³/mol. The number of unbranched alkanes of at least 4 members (excludes halogenated alkanes) is 1. The normalized spacial score (nSPS) is 9.45. The van der Waals surface area contributed by atoms with Gasteiger partial charge in [0.25, 0.3) is 0 Å². The molecule has 1 aromatic heterocycles. The number of aromatic nitrogens is 1. The quantitative estimate of drug-likeness (QED) is 0.401. The first-order valence-electron chi connectivity index (χ1n) is 6.63. The summed E-state index contributed by atoms with van der Waals surface area (Å²) in [6.07, 6.45) is 6.43. The highest BCUT2D eigenvalue weighted by Gasteiger charge is 2.02. The predicted octanol–water partition coefficient (Wildman–Crippen LogP) is -2.60. The van der Waals surface area contributed by atoms with Gasteiger partial charge in [-0.05, 0) is 6.42 Å². The van der Waals surface area contributed by atoms with Crippen molar-refractivity contribution in [2.24, 2.45) is 0 Å². The summed E-state index contributed by atoms with van der Waals surface area (Å²) in [5, 5.41) is 5.41. The number of halogens is 1. The zero-order valence-electron chi connectivity index (χ0n) is 11.8. The lowest BCUT2D eigenvalue weighted by atomic mass is 10.2. The lowest BCUT2D eigenvalue weighted by Gasteiger charge is -2.05. The van der Waals surface area contributed by atoms with Crippen molar-refractivity contribution in [3.8, 4) is 0 Å². The summed E-state index contributed by atoms with van der Waals surface area (Å²) in [6.45, 7) is 3.37. The molecule has 6 heteroatoms. The third-order valence-electron chi connectivity index (χ3n) is 2.67. The Labute approximate surface area is 130 Å². The first-order chi connectivity index (χ1) is 9.18. The van der Waals surface area contributed by atoms with Gasteiger partial charge in [0.1, 0.15) is 6.54 Å². The lowest BCUT2D eigenvalue weighted by molar-refractivity contribution is -0.697. The third kappa shape index (κ3) is 9.49. The van der Waals surface area contributed by atoms with Gasteiger partial charge in [0.15, 0.2) is 12.4 Å². The van der Waals surface area contributed by atoms with Crippen molar-refractivity contribution < 1.29 is 31.1 Å². The molecule has 0 aliphatic carbocycles. The first kappa shape index (κ1) is 18.6. The minimum atomic E-state index is -0.0749. The van der Waals surface area contributed by atoms with Gasteiger partial charge in [-0.3, -0.25) is 9.59 Å². The van der Waals surface area contributed by atoms with Gasteiger partial charge in [0, 0.05) is 45.0 Å². The molecule has 0 atom stereocenters. The summed E-state index contributed by atoms with van der Waals surface area (Å²) < 4.78 is 2.11. The van der Waals surface area contributed by atoms with Gasteiger partial charge in [-0.25, -0.2) is 4.57 Å². The fourth-order valence-electron chi connectivity index (χ4n) is 1.69. The summed E-state index contributed by atoms with van der Waals surface area (Å²) in [7, 11) is 0. The maximum Gasteiger partial charge on any atom is 0.220 e. The smallest absolute Gasteiger partial charge is 0.220 e. The second-order valence-electron chi connectivity index (χ2n) is 4.40. The van der Waals surface area contributed by atoms with Crippen LogP contribution in [0.15, 0.2) is 30.6 Å². The SMILES string of the molecule is CC(=O)NCCNC(=O)CCCC[n+]1ccccc1.[Br-]. The Morgan fingerprint density at radius 1 is 1.00 bits per heavy atom. The summed E-state index contributed by atoms with van der Waals surface area (Å²) in [4.78, 5) is 22.1. The third-order valence-corrected chi connectivity index (χ3v) is 2.67. The van der Waals surface area contributed by atoms with Crippen molar-refractivity contribution in [2.75, 3.05) is 13.1 Å². The molecule has 0 aliphatic rings. The van der Waals surface area contributed by atoms with Crippen LogP contribution in [0.25, 0.3) is 0 Å². The number of carbonyl (C=O) groups is 2. The van der Waals surface area contributed by atoms with E-state index in [0.717, 1.165) is 19.4 Å². The average Bonchev–Trinajstić information content (AvgIpc) is 2.41. The molecule has 2 N–H and O–H groups in total. The Morgan fingerprint density at radius 2 is 1.65 bits per heavy atom. The zero-order chi connectivity index (χ0) is 13.9. The van der Waals surface area contributed by atoms with Crippen molar-refractivity contribution in [3.63, 3.8) is 0 Å². The van der Waals surface area contributed by atoms with E-state index in [2.05, 4.69) is 15.2 Å². The molecule has 0 saturated heterocycles. The van der Waals surface area contributed by atoms with Crippen LogP contribution in [0.3, 0.4) is 0 Å². The molecule has 0 spiro atoms. The molecule has 20 heavy (non-hydrogen) atoms. The van der Waals surface area contributed by atoms with E-state index in [-0.39, 0.29) is 28.8 Å². The molecule has 0 saturated carbocycles. The fraction of sp³-hybridized carbons (Fsp3) is 0.500. The van der Waals surface area contributed by atoms with Crippen molar-refractivity contribution in [1.29, 1.82) is 0 Å².